The lowest BCUT2D eigenvalue weighted by Crippen LogP contribution is -2.48. The molecule has 0 amide bonds. The van der Waals surface area contributed by atoms with E-state index in [0.29, 0.717) is 11.4 Å². The minimum atomic E-state index is 0.178. The summed E-state index contributed by atoms with van der Waals surface area (Å²) in [5, 5.41) is 19.3. The fourth-order valence-electron chi connectivity index (χ4n) is 2.17. The Morgan fingerprint density at radius 2 is 1.52 bits per heavy atom. The zero-order valence-corrected chi connectivity index (χ0v) is 11.6. The highest BCUT2D eigenvalue weighted by Gasteiger charge is 2.24. The lowest BCUT2D eigenvalue weighted by molar-refractivity contribution is 0.445. The second-order valence-electron chi connectivity index (χ2n) is 5.08. The highest BCUT2D eigenvalue weighted by Crippen LogP contribution is 2.21. The van der Waals surface area contributed by atoms with E-state index in [4.69, 9.17) is 15.6 Å². The molecule has 1 aliphatic rings. The second kappa shape index (κ2) is 5.89. The summed E-state index contributed by atoms with van der Waals surface area (Å²) in [4.78, 5) is 0. The van der Waals surface area contributed by atoms with Gasteiger partial charge in [0.05, 0.1) is 11.4 Å². The Bertz CT molecular complexity index is 645. The van der Waals surface area contributed by atoms with Gasteiger partial charge in [0.15, 0.2) is 0 Å². The first kappa shape index (κ1) is 13.5. The molecule has 0 bridgehead atoms. The van der Waals surface area contributed by atoms with Crippen LogP contribution in [0.1, 0.15) is 5.56 Å². The van der Waals surface area contributed by atoms with Crippen molar-refractivity contribution in [3.05, 3.63) is 60.2 Å². The lowest BCUT2D eigenvalue weighted by Gasteiger charge is -2.27. The van der Waals surface area contributed by atoms with Gasteiger partial charge in [0.1, 0.15) is 11.5 Å². The Balaban J connectivity index is 1.69. The van der Waals surface area contributed by atoms with Crippen LogP contribution in [0.4, 0.5) is 0 Å². The molecule has 4 heteroatoms. The van der Waals surface area contributed by atoms with Gasteiger partial charge in [-0.2, -0.15) is 0 Å². The van der Waals surface area contributed by atoms with Crippen LogP contribution >= 0.6 is 0 Å². The van der Waals surface area contributed by atoms with Crippen LogP contribution in [-0.2, 0) is 0 Å². The van der Waals surface area contributed by atoms with Gasteiger partial charge >= 0.3 is 0 Å². The summed E-state index contributed by atoms with van der Waals surface area (Å²) in [6, 6.07) is 16.9. The lowest BCUT2D eigenvalue weighted by atomic mass is 9.91. The van der Waals surface area contributed by atoms with Gasteiger partial charge in [-0.05, 0) is 36.4 Å². The van der Waals surface area contributed by atoms with Gasteiger partial charge in [0.25, 0.3) is 0 Å². The van der Waals surface area contributed by atoms with Gasteiger partial charge in [-0.15, -0.1) is 0 Å². The first-order valence-corrected chi connectivity index (χ1v) is 6.95. The molecule has 21 heavy (non-hydrogen) atoms. The molecule has 0 saturated carbocycles. The van der Waals surface area contributed by atoms with E-state index in [0.717, 1.165) is 30.2 Å². The van der Waals surface area contributed by atoms with Crippen molar-refractivity contribution in [1.82, 2.24) is 5.32 Å². The summed E-state index contributed by atoms with van der Waals surface area (Å²) in [5.41, 5.74) is 1.46. The van der Waals surface area contributed by atoms with Crippen molar-refractivity contribution in [2.24, 2.45) is 5.92 Å². The molecule has 0 aliphatic carbocycles. The largest absolute Gasteiger partial charge is 0.457 e. The molecule has 0 spiro atoms. The molecule has 4 nitrogen and oxygen atoms in total. The molecule has 106 valence electrons. The summed E-state index contributed by atoms with van der Waals surface area (Å²) in [7, 11) is 0. The molecule has 2 aromatic carbocycles. The van der Waals surface area contributed by atoms with Crippen molar-refractivity contribution < 1.29 is 4.74 Å². The zero-order chi connectivity index (χ0) is 14.7. The maximum Gasteiger partial charge on any atom is 0.127 e. The van der Waals surface area contributed by atoms with Gasteiger partial charge in [0.2, 0.25) is 0 Å². The highest BCUT2D eigenvalue weighted by atomic mass is 16.5. The number of ether oxygens (including phenoxy) is 1. The van der Waals surface area contributed by atoms with Crippen LogP contribution in [0.5, 0.6) is 11.5 Å². The third kappa shape index (κ3) is 3.01. The third-order valence-electron chi connectivity index (χ3n) is 3.58. The normalized spacial score (nSPS) is 14.3. The number of nitrogens with one attached hydrogen (secondary N) is 3. The molecule has 3 rings (SSSR count). The van der Waals surface area contributed by atoms with Crippen molar-refractivity contribution >= 4 is 11.4 Å². The predicted molar refractivity (Wildman–Crippen MR) is 83.9 cm³/mol. The van der Waals surface area contributed by atoms with E-state index in [1.807, 2.05) is 54.6 Å². The molecular formula is C17H17N3O. The molecular weight excluding hydrogens is 262 g/mol. The minimum absolute atomic E-state index is 0.178. The number of hydrogen-bond donors (Lipinski definition) is 3. The average Bonchev–Trinajstić information content (AvgIpc) is 2.46. The molecule has 0 aromatic heterocycles. The topological polar surface area (TPSA) is 69.0 Å². The van der Waals surface area contributed by atoms with Crippen LogP contribution in [0.3, 0.4) is 0 Å². The Morgan fingerprint density at radius 1 is 0.905 bits per heavy atom. The van der Waals surface area contributed by atoms with Crippen molar-refractivity contribution in [2.45, 2.75) is 0 Å². The smallest absolute Gasteiger partial charge is 0.127 e. The maximum absolute atomic E-state index is 8.10. The number of benzene rings is 2. The van der Waals surface area contributed by atoms with Crippen LogP contribution in [-0.4, -0.2) is 24.5 Å². The van der Waals surface area contributed by atoms with Crippen molar-refractivity contribution in [2.75, 3.05) is 13.1 Å². The number of para-hydroxylation sites is 1. The first-order valence-electron chi connectivity index (χ1n) is 6.95. The van der Waals surface area contributed by atoms with Gasteiger partial charge in [-0.3, -0.25) is 5.41 Å². The maximum atomic E-state index is 8.10. The third-order valence-corrected chi connectivity index (χ3v) is 3.58. The van der Waals surface area contributed by atoms with Crippen LogP contribution in [0.15, 0.2) is 54.6 Å². The van der Waals surface area contributed by atoms with Gasteiger partial charge in [-0.25, -0.2) is 0 Å². The monoisotopic (exact) mass is 279 g/mol. The Labute approximate surface area is 123 Å². The molecule has 1 aliphatic heterocycles. The van der Waals surface area contributed by atoms with E-state index in [1.54, 1.807) is 0 Å². The zero-order valence-electron chi connectivity index (χ0n) is 11.6. The number of hydrogen-bond acceptors (Lipinski definition) is 4. The molecule has 0 radical (unpaired) electrons. The molecule has 1 heterocycles. The van der Waals surface area contributed by atoms with Crippen molar-refractivity contribution in [3.8, 4) is 11.5 Å². The van der Waals surface area contributed by atoms with Crippen LogP contribution in [0.2, 0.25) is 0 Å². The minimum Gasteiger partial charge on any atom is -0.457 e. The summed E-state index contributed by atoms with van der Waals surface area (Å²) in [5.74, 6) is 1.70. The number of rotatable bonds is 5. The first-order chi connectivity index (χ1) is 10.2. The molecule has 0 atom stereocenters. The van der Waals surface area contributed by atoms with Gasteiger partial charge in [0, 0.05) is 24.6 Å². The SMILES string of the molecule is N=C(C(=N)C1CNC1)c1ccc(Oc2ccccc2)cc1. The van der Waals surface area contributed by atoms with E-state index in [-0.39, 0.29) is 5.92 Å². The fourth-order valence-corrected chi connectivity index (χ4v) is 2.17. The summed E-state index contributed by atoms with van der Waals surface area (Å²) < 4.78 is 5.72. The predicted octanol–water partition coefficient (Wildman–Crippen LogP) is 3.09. The van der Waals surface area contributed by atoms with Crippen molar-refractivity contribution in [1.29, 1.82) is 10.8 Å². The van der Waals surface area contributed by atoms with Crippen LogP contribution in [0, 0.1) is 16.7 Å². The highest BCUT2D eigenvalue weighted by molar-refractivity contribution is 6.47. The molecule has 3 N–H and O–H groups in total. The van der Waals surface area contributed by atoms with E-state index in [2.05, 4.69) is 5.32 Å². The van der Waals surface area contributed by atoms with E-state index in [9.17, 15) is 0 Å². The summed E-state index contributed by atoms with van der Waals surface area (Å²) in [6.07, 6.45) is 0. The van der Waals surface area contributed by atoms with Crippen LogP contribution < -0.4 is 10.1 Å². The molecule has 1 fully saturated rings. The van der Waals surface area contributed by atoms with E-state index >= 15 is 0 Å². The summed E-state index contributed by atoms with van der Waals surface area (Å²) >= 11 is 0. The van der Waals surface area contributed by atoms with Crippen LogP contribution in [0.25, 0.3) is 0 Å². The molecule has 2 aromatic rings. The van der Waals surface area contributed by atoms with Crippen molar-refractivity contribution in [3.63, 3.8) is 0 Å². The van der Waals surface area contributed by atoms with Gasteiger partial charge in [-0.1, -0.05) is 18.2 Å². The fraction of sp³-hybridized carbons (Fsp3) is 0.176. The standard InChI is InChI=1S/C17H17N3O/c18-16(17(19)13-10-20-11-13)12-6-8-15(9-7-12)21-14-4-2-1-3-5-14/h1-9,13,18-20H,10-11H2. The molecule has 0 unspecified atom stereocenters. The van der Waals surface area contributed by atoms with E-state index < -0.39 is 0 Å². The quantitative estimate of drug-likeness (QED) is 0.736. The second-order valence-corrected chi connectivity index (χ2v) is 5.08. The Hall–Kier alpha value is -2.46. The van der Waals surface area contributed by atoms with Gasteiger partial charge < -0.3 is 15.5 Å². The Kier molecular flexibility index (Phi) is 3.79. The molecule has 1 saturated heterocycles. The van der Waals surface area contributed by atoms with E-state index in [1.165, 1.54) is 0 Å². The Morgan fingerprint density at radius 3 is 2.10 bits per heavy atom. The summed E-state index contributed by atoms with van der Waals surface area (Å²) in [6.45, 7) is 1.60. The average molecular weight is 279 g/mol.